The van der Waals surface area contributed by atoms with E-state index in [0.29, 0.717) is 16.1 Å². The number of fused-ring (bicyclic) bond motifs is 1. The second-order valence-corrected chi connectivity index (χ2v) is 6.85. The van der Waals surface area contributed by atoms with E-state index < -0.39 is 17.6 Å². The van der Waals surface area contributed by atoms with Crippen LogP contribution in [-0.2, 0) is 6.18 Å². The van der Waals surface area contributed by atoms with E-state index in [-0.39, 0.29) is 16.8 Å². The maximum Gasteiger partial charge on any atom is 0.416 e. The monoisotopic (exact) mass is 415 g/mol. The molecule has 0 unspecified atom stereocenters. The predicted molar refractivity (Wildman–Crippen MR) is 103 cm³/mol. The third kappa shape index (κ3) is 4.19. The van der Waals surface area contributed by atoms with E-state index in [1.165, 1.54) is 23.5 Å². The number of hydrogen-bond acceptors (Lipinski definition) is 5. The van der Waals surface area contributed by atoms with Crippen LogP contribution < -0.4 is 10.9 Å². The number of alkyl halides is 3. The van der Waals surface area contributed by atoms with Crippen LogP contribution in [0, 0.1) is 0 Å². The summed E-state index contributed by atoms with van der Waals surface area (Å²) in [6.07, 6.45) is -2.96. The zero-order valence-corrected chi connectivity index (χ0v) is 15.4. The number of hydrogen-bond donors (Lipinski definition) is 1. The second kappa shape index (κ2) is 7.51. The van der Waals surface area contributed by atoms with Crippen LogP contribution in [0.4, 0.5) is 24.0 Å². The lowest BCUT2D eigenvalue weighted by Crippen LogP contribution is -2.21. The van der Waals surface area contributed by atoms with Crippen molar-refractivity contribution in [3.63, 3.8) is 0 Å². The highest BCUT2D eigenvalue weighted by molar-refractivity contribution is 7.13. The van der Waals surface area contributed by atoms with Crippen LogP contribution in [0.3, 0.4) is 0 Å². The SMILES string of the molecule is O=C(Nc1nccs1)c1cc2ccccc2oc1=Nc1cccc(C(F)(F)F)c1. The fourth-order valence-electron chi connectivity index (χ4n) is 2.63. The number of benzene rings is 2. The number of carbonyl (C=O) groups excluding carboxylic acids is 1. The molecule has 4 rings (SSSR count). The van der Waals surface area contributed by atoms with Gasteiger partial charge >= 0.3 is 6.18 Å². The van der Waals surface area contributed by atoms with Gasteiger partial charge in [0.05, 0.1) is 11.3 Å². The van der Waals surface area contributed by atoms with Crippen molar-refractivity contribution in [2.45, 2.75) is 6.18 Å². The van der Waals surface area contributed by atoms with Gasteiger partial charge in [0.2, 0.25) is 5.55 Å². The first-order valence-corrected chi connectivity index (χ1v) is 9.24. The first kappa shape index (κ1) is 18.9. The van der Waals surface area contributed by atoms with E-state index in [9.17, 15) is 18.0 Å². The molecule has 0 atom stereocenters. The highest BCUT2D eigenvalue weighted by Gasteiger charge is 2.30. The average Bonchev–Trinajstić information content (AvgIpc) is 3.20. The van der Waals surface area contributed by atoms with Crippen LogP contribution in [0.25, 0.3) is 11.0 Å². The molecule has 29 heavy (non-hydrogen) atoms. The average molecular weight is 415 g/mol. The smallest absolute Gasteiger partial charge is 0.416 e. The Balaban J connectivity index is 1.86. The van der Waals surface area contributed by atoms with Gasteiger partial charge in [-0.25, -0.2) is 9.98 Å². The molecular formula is C20H12F3N3O2S. The number of rotatable bonds is 3. The lowest BCUT2D eigenvalue weighted by atomic mass is 10.1. The highest BCUT2D eigenvalue weighted by atomic mass is 32.1. The molecular weight excluding hydrogens is 403 g/mol. The van der Waals surface area contributed by atoms with Crippen LogP contribution in [0.2, 0.25) is 0 Å². The minimum atomic E-state index is -4.50. The largest absolute Gasteiger partial charge is 0.438 e. The number of anilines is 1. The van der Waals surface area contributed by atoms with Gasteiger partial charge in [-0.3, -0.25) is 10.1 Å². The number of halogens is 3. The summed E-state index contributed by atoms with van der Waals surface area (Å²) in [4.78, 5) is 20.9. The van der Waals surface area contributed by atoms with Crippen LogP contribution >= 0.6 is 11.3 Å². The fraction of sp³-hybridized carbons (Fsp3) is 0.0500. The number of nitrogens with zero attached hydrogens (tertiary/aromatic N) is 2. The van der Waals surface area contributed by atoms with Gasteiger partial charge < -0.3 is 4.42 Å². The van der Waals surface area contributed by atoms with Gasteiger partial charge in [-0.2, -0.15) is 13.2 Å². The van der Waals surface area contributed by atoms with Crippen molar-refractivity contribution in [2.24, 2.45) is 4.99 Å². The van der Waals surface area contributed by atoms with Crippen LogP contribution in [-0.4, -0.2) is 10.9 Å². The maximum atomic E-state index is 13.0. The van der Waals surface area contributed by atoms with Crippen molar-refractivity contribution in [3.8, 4) is 0 Å². The molecule has 2 aromatic heterocycles. The molecule has 0 aliphatic carbocycles. The number of para-hydroxylation sites is 1. The van der Waals surface area contributed by atoms with Crippen LogP contribution in [0.5, 0.6) is 0 Å². The summed E-state index contributed by atoms with van der Waals surface area (Å²) >= 11 is 1.23. The molecule has 146 valence electrons. The van der Waals surface area contributed by atoms with Crippen molar-refractivity contribution in [2.75, 3.05) is 5.32 Å². The maximum absolute atomic E-state index is 13.0. The van der Waals surface area contributed by atoms with Gasteiger partial charge in [0.15, 0.2) is 5.13 Å². The molecule has 4 aromatic rings. The number of carbonyl (C=O) groups is 1. The molecule has 2 aromatic carbocycles. The Morgan fingerprint density at radius 2 is 1.93 bits per heavy atom. The fourth-order valence-corrected chi connectivity index (χ4v) is 3.16. The summed E-state index contributed by atoms with van der Waals surface area (Å²) in [6.45, 7) is 0. The first-order valence-electron chi connectivity index (χ1n) is 8.36. The summed E-state index contributed by atoms with van der Waals surface area (Å²) in [6, 6.07) is 13.0. The Labute approximate surface area is 166 Å². The van der Waals surface area contributed by atoms with Crippen molar-refractivity contribution in [1.29, 1.82) is 0 Å². The standard InChI is InChI=1S/C20H12F3N3O2S/c21-20(22,23)13-5-3-6-14(11-13)25-18-15(17(27)26-19-24-8-9-29-19)10-12-4-1-2-7-16(12)28-18/h1-11H,(H,24,26,27). The number of aromatic nitrogens is 1. The summed E-state index contributed by atoms with van der Waals surface area (Å²) in [5.41, 5.74) is -0.395. The molecule has 0 saturated carbocycles. The molecule has 1 amide bonds. The molecule has 0 spiro atoms. The van der Waals surface area contributed by atoms with E-state index in [1.807, 2.05) is 0 Å². The zero-order chi connectivity index (χ0) is 20.4. The minimum Gasteiger partial charge on any atom is -0.438 e. The Hall–Kier alpha value is -3.46. The molecule has 2 heterocycles. The van der Waals surface area contributed by atoms with Gasteiger partial charge in [0.1, 0.15) is 11.1 Å². The molecule has 1 N–H and O–H groups in total. The molecule has 0 aliphatic heterocycles. The predicted octanol–water partition coefficient (Wildman–Crippen LogP) is 5.39. The lowest BCUT2D eigenvalue weighted by molar-refractivity contribution is -0.137. The third-order valence-electron chi connectivity index (χ3n) is 3.96. The number of thiazole rings is 1. The van der Waals surface area contributed by atoms with Gasteiger partial charge in [-0.15, -0.1) is 11.3 Å². The Kier molecular flexibility index (Phi) is 4.89. The molecule has 0 aliphatic rings. The highest BCUT2D eigenvalue weighted by Crippen LogP contribution is 2.31. The molecule has 0 bridgehead atoms. The van der Waals surface area contributed by atoms with Gasteiger partial charge in [-0.05, 0) is 30.3 Å². The second-order valence-electron chi connectivity index (χ2n) is 5.95. The van der Waals surface area contributed by atoms with Crippen molar-refractivity contribution >= 4 is 39.0 Å². The summed E-state index contributed by atoms with van der Waals surface area (Å²) in [7, 11) is 0. The van der Waals surface area contributed by atoms with Gasteiger partial charge in [0, 0.05) is 17.0 Å². The van der Waals surface area contributed by atoms with Crippen LogP contribution in [0.1, 0.15) is 15.9 Å². The topological polar surface area (TPSA) is 67.5 Å². The van der Waals surface area contributed by atoms with Gasteiger partial charge in [0.25, 0.3) is 5.91 Å². The first-order chi connectivity index (χ1) is 13.9. The van der Waals surface area contributed by atoms with Crippen molar-refractivity contribution in [3.05, 3.63) is 82.9 Å². The Morgan fingerprint density at radius 1 is 1.10 bits per heavy atom. The normalized spacial score (nSPS) is 12.3. The van der Waals surface area contributed by atoms with E-state index in [0.717, 1.165) is 12.1 Å². The van der Waals surface area contributed by atoms with Gasteiger partial charge in [-0.1, -0.05) is 24.3 Å². The quantitative estimate of drug-likeness (QED) is 0.488. The summed E-state index contributed by atoms with van der Waals surface area (Å²) < 4.78 is 44.7. The zero-order valence-electron chi connectivity index (χ0n) is 14.6. The molecule has 0 fully saturated rings. The lowest BCUT2D eigenvalue weighted by Gasteiger charge is -2.07. The molecule has 9 heteroatoms. The number of nitrogens with one attached hydrogen (secondary N) is 1. The van der Waals surface area contributed by atoms with E-state index >= 15 is 0 Å². The molecule has 0 radical (unpaired) electrons. The van der Waals surface area contributed by atoms with E-state index in [1.54, 1.807) is 41.9 Å². The van der Waals surface area contributed by atoms with Crippen molar-refractivity contribution < 1.29 is 22.4 Å². The Bertz CT molecular complexity index is 1250. The summed E-state index contributed by atoms with van der Waals surface area (Å²) in [5, 5.41) is 5.37. The Morgan fingerprint density at radius 3 is 2.69 bits per heavy atom. The third-order valence-corrected chi connectivity index (χ3v) is 4.65. The van der Waals surface area contributed by atoms with E-state index in [2.05, 4.69) is 15.3 Å². The number of amides is 1. The molecule has 5 nitrogen and oxygen atoms in total. The van der Waals surface area contributed by atoms with Crippen molar-refractivity contribution in [1.82, 2.24) is 4.98 Å². The minimum absolute atomic E-state index is 0.0159. The summed E-state index contributed by atoms with van der Waals surface area (Å²) in [5.74, 6) is -0.528. The molecule has 0 saturated heterocycles. The van der Waals surface area contributed by atoms with E-state index in [4.69, 9.17) is 4.42 Å². The van der Waals surface area contributed by atoms with Crippen LogP contribution in [0.15, 0.2) is 75.6 Å².